The molecule has 1 aromatic heterocycles. The zero-order valence-electron chi connectivity index (χ0n) is 14.7. The number of nitrogens with zero attached hydrogens (tertiary/aromatic N) is 2. The van der Waals surface area contributed by atoms with Crippen LogP contribution in [0, 0.1) is 0 Å². The SMILES string of the molecule is CCCN(CCC)C(=O)c1cc(NCCc2ccccc2)ccn1. The Labute approximate surface area is 144 Å². The zero-order chi connectivity index (χ0) is 17.2. The predicted molar refractivity (Wildman–Crippen MR) is 99.4 cm³/mol. The van der Waals surface area contributed by atoms with E-state index in [4.69, 9.17) is 0 Å². The smallest absolute Gasteiger partial charge is 0.272 e. The highest BCUT2D eigenvalue weighted by Crippen LogP contribution is 2.11. The number of carbonyl (C=O) groups is 1. The van der Waals surface area contributed by atoms with E-state index in [9.17, 15) is 4.79 Å². The molecule has 1 aromatic carbocycles. The second-order valence-electron chi connectivity index (χ2n) is 5.88. The molecular formula is C20H27N3O. The summed E-state index contributed by atoms with van der Waals surface area (Å²) in [4.78, 5) is 18.8. The summed E-state index contributed by atoms with van der Waals surface area (Å²) >= 11 is 0. The molecule has 0 radical (unpaired) electrons. The number of pyridine rings is 1. The lowest BCUT2D eigenvalue weighted by Crippen LogP contribution is -2.33. The summed E-state index contributed by atoms with van der Waals surface area (Å²) in [6.45, 7) is 6.56. The van der Waals surface area contributed by atoms with Crippen LogP contribution in [0.4, 0.5) is 5.69 Å². The molecule has 0 aliphatic rings. The normalized spacial score (nSPS) is 10.4. The first-order chi connectivity index (χ1) is 11.7. The predicted octanol–water partition coefficient (Wildman–Crippen LogP) is 4.00. The fourth-order valence-corrected chi connectivity index (χ4v) is 2.67. The van der Waals surface area contributed by atoms with Crippen LogP contribution in [0.5, 0.6) is 0 Å². The van der Waals surface area contributed by atoms with Crippen LogP contribution >= 0.6 is 0 Å². The fourth-order valence-electron chi connectivity index (χ4n) is 2.67. The minimum Gasteiger partial charge on any atom is -0.385 e. The van der Waals surface area contributed by atoms with E-state index in [0.717, 1.165) is 44.6 Å². The van der Waals surface area contributed by atoms with E-state index in [1.165, 1.54) is 5.56 Å². The molecule has 4 nitrogen and oxygen atoms in total. The summed E-state index contributed by atoms with van der Waals surface area (Å²) in [7, 11) is 0. The van der Waals surface area contributed by atoms with Gasteiger partial charge in [0.25, 0.3) is 5.91 Å². The van der Waals surface area contributed by atoms with Crippen molar-refractivity contribution in [2.45, 2.75) is 33.1 Å². The molecule has 4 heteroatoms. The molecule has 128 valence electrons. The highest BCUT2D eigenvalue weighted by Gasteiger charge is 2.15. The summed E-state index contributed by atoms with van der Waals surface area (Å²) in [5.41, 5.74) is 2.76. The van der Waals surface area contributed by atoms with Crippen molar-refractivity contribution in [2.75, 3.05) is 25.0 Å². The lowest BCUT2D eigenvalue weighted by molar-refractivity contribution is 0.0749. The van der Waals surface area contributed by atoms with Gasteiger partial charge in [-0.15, -0.1) is 0 Å². The molecule has 0 unspecified atom stereocenters. The first-order valence-corrected chi connectivity index (χ1v) is 8.77. The molecule has 0 atom stereocenters. The number of carbonyl (C=O) groups excluding carboxylic acids is 1. The van der Waals surface area contributed by atoms with Crippen LogP contribution in [0.15, 0.2) is 48.7 Å². The maximum absolute atomic E-state index is 12.6. The second kappa shape index (κ2) is 9.71. The number of benzene rings is 1. The van der Waals surface area contributed by atoms with Gasteiger partial charge in [-0.05, 0) is 37.0 Å². The molecule has 0 aliphatic carbocycles. The first-order valence-electron chi connectivity index (χ1n) is 8.77. The van der Waals surface area contributed by atoms with Crippen molar-refractivity contribution in [1.82, 2.24) is 9.88 Å². The van der Waals surface area contributed by atoms with Crippen LogP contribution in [0.25, 0.3) is 0 Å². The maximum atomic E-state index is 12.6. The topological polar surface area (TPSA) is 45.2 Å². The fraction of sp³-hybridized carbons (Fsp3) is 0.400. The molecule has 0 aliphatic heterocycles. The molecule has 0 fully saturated rings. The van der Waals surface area contributed by atoms with Crippen LogP contribution in [0.1, 0.15) is 42.7 Å². The zero-order valence-corrected chi connectivity index (χ0v) is 14.7. The molecular weight excluding hydrogens is 298 g/mol. The molecule has 0 bridgehead atoms. The Kier molecular flexibility index (Phi) is 7.27. The van der Waals surface area contributed by atoms with Gasteiger partial charge in [-0.3, -0.25) is 9.78 Å². The minimum absolute atomic E-state index is 0.0189. The number of hydrogen-bond acceptors (Lipinski definition) is 3. The van der Waals surface area contributed by atoms with Gasteiger partial charge in [-0.1, -0.05) is 44.2 Å². The lowest BCUT2D eigenvalue weighted by atomic mass is 10.1. The second-order valence-corrected chi connectivity index (χ2v) is 5.88. The quantitative estimate of drug-likeness (QED) is 0.758. The summed E-state index contributed by atoms with van der Waals surface area (Å²) in [6.07, 6.45) is 4.57. The monoisotopic (exact) mass is 325 g/mol. The van der Waals surface area contributed by atoms with E-state index >= 15 is 0 Å². The Bertz CT molecular complexity index is 622. The van der Waals surface area contributed by atoms with E-state index in [2.05, 4.69) is 48.4 Å². The van der Waals surface area contributed by atoms with Crippen molar-refractivity contribution < 1.29 is 4.79 Å². The Balaban J connectivity index is 1.96. The summed E-state index contributed by atoms with van der Waals surface area (Å²) in [5.74, 6) is 0.0189. The minimum atomic E-state index is 0.0189. The third-order valence-corrected chi connectivity index (χ3v) is 3.84. The van der Waals surface area contributed by atoms with Gasteiger partial charge in [0.15, 0.2) is 0 Å². The summed E-state index contributed by atoms with van der Waals surface area (Å²) < 4.78 is 0. The third kappa shape index (κ3) is 5.37. The third-order valence-electron chi connectivity index (χ3n) is 3.84. The molecule has 1 amide bonds. The van der Waals surface area contributed by atoms with Gasteiger partial charge in [0.2, 0.25) is 0 Å². The molecule has 24 heavy (non-hydrogen) atoms. The van der Waals surface area contributed by atoms with Gasteiger partial charge < -0.3 is 10.2 Å². The van der Waals surface area contributed by atoms with Crippen LogP contribution in [0.3, 0.4) is 0 Å². The van der Waals surface area contributed by atoms with E-state index in [0.29, 0.717) is 5.69 Å². The molecule has 0 saturated carbocycles. The molecule has 1 heterocycles. The van der Waals surface area contributed by atoms with Gasteiger partial charge in [-0.25, -0.2) is 0 Å². The molecule has 0 spiro atoms. The molecule has 2 rings (SSSR count). The average Bonchev–Trinajstić information content (AvgIpc) is 2.62. The van der Waals surface area contributed by atoms with Gasteiger partial charge in [-0.2, -0.15) is 0 Å². The van der Waals surface area contributed by atoms with Crippen LogP contribution in [-0.4, -0.2) is 35.4 Å². The standard InChI is InChI=1S/C20H27N3O/c1-3-14-23(15-4-2)20(24)19-16-18(11-13-22-19)21-12-10-17-8-6-5-7-9-17/h5-9,11,13,16H,3-4,10,12,14-15H2,1-2H3,(H,21,22). The molecule has 0 saturated heterocycles. The maximum Gasteiger partial charge on any atom is 0.272 e. The number of aromatic nitrogens is 1. The van der Waals surface area contributed by atoms with Crippen LogP contribution < -0.4 is 5.32 Å². The number of anilines is 1. The van der Waals surface area contributed by atoms with Crippen molar-refractivity contribution in [3.8, 4) is 0 Å². The highest BCUT2D eigenvalue weighted by atomic mass is 16.2. The summed E-state index contributed by atoms with van der Waals surface area (Å²) in [6, 6.07) is 14.1. The van der Waals surface area contributed by atoms with Crippen molar-refractivity contribution in [3.63, 3.8) is 0 Å². The number of rotatable bonds is 9. The lowest BCUT2D eigenvalue weighted by Gasteiger charge is -2.21. The number of amides is 1. The van der Waals surface area contributed by atoms with Crippen molar-refractivity contribution >= 4 is 11.6 Å². The summed E-state index contributed by atoms with van der Waals surface area (Å²) in [5, 5.41) is 3.38. The van der Waals surface area contributed by atoms with Gasteiger partial charge >= 0.3 is 0 Å². The highest BCUT2D eigenvalue weighted by molar-refractivity contribution is 5.93. The van der Waals surface area contributed by atoms with Crippen molar-refractivity contribution in [3.05, 3.63) is 59.9 Å². The number of nitrogens with one attached hydrogen (secondary N) is 1. The van der Waals surface area contributed by atoms with Crippen LogP contribution in [-0.2, 0) is 6.42 Å². The van der Waals surface area contributed by atoms with E-state index in [1.807, 2.05) is 23.1 Å². The van der Waals surface area contributed by atoms with Gasteiger partial charge in [0.05, 0.1) is 0 Å². The Morgan fingerprint density at radius 1 is 1.08 bits per heavy atom. The Morgan fingerprint density at radius 2 is 1.79 bits per heavy atom. The van der Waals surface area contributed by atoms with E-state index in [1.54, 1.807) is 6.20 Å². The van der Waals surface area contributed by atoms with Crippen molar-refractivity contribution in [2.24, 2.45) is 0 Å². The van der Waals surface area contributed by atoms with Gasteiger partial charge in [0, 0.05) is 31.5 Å². The largest absolute Gasteiger partial charge is 0.385 e. The first kappa shape index (κ1) is 18.0. The van der Waals surface area contributed by atoms with E-state index in [-0.39, 0.29) is 5.91 Å². The molecule has 1 N–H and O–H groups in total. The Morgan fingerprint density at radius 3 is 2.46 bits per heavy atom. The van der Waals surface area contributed by atoms with Gasteiger partial charge in [0.1, 0.15) is 5.69 Å². The van der Waals surface area contributed by atoms with Crippen molar-refractivity contribution in [1.29, 1.82) is 0 Å². The Hall–Kier alpha value is -2.36. The number of hydrogen-bond donors (Lipinski definition) is 1. The van der Waals surface area contributed by atoms with Crippen LogP contribution in [0.2, 0.25) is 0 Å². The van der Waals surface area contributed by atoms with E-state index < -0.39 is 0 Å². The average molecular weight is 325 g/mol. The molecule has 2 aromatic rings.